The lowest BCUT2D eigenvalue weighted by Gasteiger charge is -1.97. The first-order valence-corrected chi connectivity index (χ1v) is 6.62. The van der Waals surface area contributed by atoms with Gasteiger partial charge in [0.05, 0.1) is 0 Å². The highest BCUT2D eigenvalue weighted by Gasteiger charge is 1.87. The molecule has 1 aromatic rings. The standard InChI is InChI=1S/C9H21N.C6H6/c1-2-3-4-5-6-7-8-9-10;1-2-4-6-5-3-1/h2-10H2,1H3;1-6H. The molecule has 1 aromatic carbocycles. The van der Waals surface area contributed by atoms with Crippen LogP contribution < -0.4 is 5.73 Å². The van der Waals surface area contributed by atoms with Gasteiger partial charge < -0.3 is 5.73 Å². The Bertz CT molecular complexity index is 161. The molecule has 0 saturated heterocycles. The van der Waals surface area contributed by atoms with Gasteiger partial charge in [-0.15, -0.1) is 0 Å². The van der Waals surface area contributed by atoms with E-state index in [0.717, 1.165) is 6.54 Å². The van der Waals surface area contributed by atoms with Crippen LogP contribution in [0.2, 0.25) is 0 Å². The maximum atomic E-state index is 5.37. The van der Waals surface area contributed by atoms with Gasteiger partial charge in [-0.05, 0) is 13.0 Å². The number of hydrogen-bond acceptors (Lipinski definition) is 1. The fourth-order valence-corrected chi connectivity index (χ4v) is 1.49. The van der Waals surface area contributed by atoms with Crippen molar-refractivity contribution >= 4 is 0 Å². The second-order valence-electron chi connectivity index (χ2n) is 4.06. The first-order chi connectivity index (χ1) is 7.91. The molecule has 0 radical (unpaired) electrons. The number of rotatable bonds is 7. The lowest BCUT2D eigenvalue weighted by atomic mass is 10.1. The van der Waals surface area contributed by atoms with E-state index in [1.165, 1.54) is 44.9 Å². The predicted molar refractivity (Wildman–Crippen MR) is 73.5 cm³/mol. The third-order valence-corrected chi connectivity index (χ3v) is 2.47. The van der Waals surface area contributed by atoms with Crippen molar-refractivity contribution in [3.63, 3.8) is 0 Å². The summed E-state index contributed by atoms with van der Waals surface area (Å²) in [5.41, 5.74) is 5.37. The molecular formula is C15H27N. The molecule has 1 heteroatoms. The van der Waals surface area contributed by atoms with Crippen molar-refractivity contribution in [3.8, 4) is 0 Å². The number of benzene rings is 1. The highest BCUT2D eigenvalue weighted by Crippen LogP contribution is 2.05. The van der Waals surface area contributed by atoms with Crippen LogP contribution in [-0.4, -0.2) is 6.54 Å². The fourth-order valence-electron chi connectivity index (χ4n) is 1.49. The van der Waals surface area contributed by atoms with Crippen LogP contribution in [0.25, 0.3) is 0 Å². The van der Waals surface area contributed by atoms with Gasteiger partial charge in [-0.2, -0.15) is 0 Å². The van der Waals surface area contributed by atoms with E-state index in [-0.39, 0.29) is 0 Å². The maximum absolute atomic E-state index is 5.37. The van der Waals surface area contributed by atoms with Gasteiger partial charge in [0.15, 0.2) is 0 Å². The Balaban J connectivity index is 0.000000315. The smallest absolute Gasteiger partial charge is 0.00773 e. The molecule has 16 heavy (non-hydrogen) atoms. The summed E-state index contributed by atoms with van der Waals surface area (Å²) in [4.78, 5) is 0. The van der Waals surface area contributed by atoms with Gasteiger partial charge >= 0.3 is 0 Å². The summed E-state index contributed by atoms with van der Waals surface area (Å²) in [7, 11) is 0. The first-order valence-electron chi connectivity index (χ1n) is 6.62. The Morgan fingerprint density at radius 1 is 0.625 bits per heavy atom. The molecule has 0 heterocycles. The summed E-state index contributed by atoms with van der Waals surface area (Å²) in [6, 6.07) is 12.0. The lowest BCUT2D eigenvalue weighted by molar-refractivity contribution is 0.593. The van der Waals surface area contributed by atoms with Crippen molar-refractivity contribution in [3.05, 3.63) is 36.4 Å². The second-order valence-corrected chi connectivity index (χ2v) is 4.06. The van der Waals surface area contributed by atoms with E-state index in [2.05, 4.69) is 6.92 Å². The van der Waals surface area contributed by atoms with Gasteiger partial charge in [-0.3, -0.25) is 0 Å². The molecule has 0 fully saturated rings. The minimum Gasteiger partial charge on any atom is -0.330 e. The highest BCUT2D eigenvalue weighted by molar-refractivity contribution is 4.99. The molecular weight excluding hydrogens is 194 g/mol. The minimum absolute atomic E-state index is 0.869. The van der Waals surface area contributed by atoms with Crippen LogP contribution in [0.5, 0.6) is 0 Å². The largest absolute Gasteiger partial charge is 0.330 e. The molecule has 0 saturated carbocycles. The van der Waals surface area contributed by atoms with Crippen molar-refractivity contribution in [2.24, 2.45) is 5.73 Å². The van der Waals surface area contributed by atoms with E-state index < -0.39 is 0 Å². The second kappa shape index (κ2) is 14.2. The van der Waals surface area contributed by atoms with Crippen molar-refractivity contribution in [2.45, 2.75) is 51.9 Å². The quantitative estimate of drug-likeness (QED) is 0.679. The van der Waals surface area contributed by atoms with Crippen LogP contribution in [0.1, 0.15) is 51.9 Å². The zero-order valence-electron chi connectivity index (χ0n) is 10.7. The summed E-state index contributed by atoms with van der Waals surface area (Å²) >= 11 is 0. The summed E-state index contributed by atoms with van der Waals surface area (Å²) in [5, 5.41) is 0. The molecule has 0 unspecified atom stereocenters. The summed E-state index contributed by atoms with van der Waals surface area (Å²) in [6.07, 6.45) is 9.51. The van der Waals surface area contributed by atoms with Gasteiger partial charge in [0.25, 0.3) is 0 Å². The van der Waals surface area contributed by atoms with Gasteiger partial charge in [0.2, 0.25) is 0 Å². The molecule has 2 N–H and O–H groups in total. The normalized spacial score (nSPS) is 9.38. The monoisotopic (exact) mass is 221 g/mol. The first kappa shape index (κ1) is 15.2. The summed E-state index contributed by atoms with van der Waals surface area (Å²) in [6.45, 7) is 3.12. The third-order valence-electron chi connectivity index (χ3n) is 2.47. The van der Waals surface area contributed by atoms with Crippen LogP contribution in [0.4, 0.5) is 0 Å². The van der Waals surface area contributed by atoms with Crippen molar-refractivity contribution in [1.82, 2.24) is 0 Å². The molecule has 0 atom stereocenters. The van der Waals surface area contributed by atoms with Gasteiger partial charge in [0, 0.05) is 0 Å². The van der Waals surface area contributed by atoms with Crippen molar-refractivity contribution in [2.75, 3.05) is 6.54 Å². The highest BCUT2D eigenvalue weighted by atomic mass is 14.5. The molecule has 0 bridgehead atoms. The molecule has 0 aliphatic rings. The Kier molecular flexibility index (Phi) is 13.5. The number of nitrogens with two attached hydrogens (primary N) is 1. The van der Waals surface area contributed by atoms with Gasteiger partial charge in [-0.1, -0.05) is 81.8 Å². The maximum Gasteiger partial charge on any atom is -0.00773 e. The molecule has 0 amide bonds. The van der Waals surface area contributed by atoms with E-state index in [4.69, 9.17) is 5.73 Å². The zero-order chi connectivity index (χ0) is 11.9. The van der Waals surface area contributed by atoms with Crippen molar-refractivity contribution < 1.29 is 0 Å². The van der Waals surface area contributed by atoms with Crippen LogP contribution in [0.15, 0.2) is 36.4 Å². The summed E-state index contributed by atoms with van der Waals surface area (Å²) < 4.78 is 0. The SMILES string of the molecule is CCCCCCCCCN.c1ccccc1. The van der Waals surface area contributed by atoms with E-state index in [9.17, 15) is 0 Å². The molecule has 92 valence electrons. The lowest BCUT2D eigenvalue weighted by Crippen LogP contribution is -1.97. The molecule has 1 nitrogen and oxygen atoms in total. The van der Waals surface area contributed by atoms with Crippen LogP contribution >= 0.6 is 0 Å². The van der Waals surface area contributed by atoms with Gasteiger partial charge in [0.1, 0.15) is 0 Å². The fraction of sp³-hybridized carbons (Fsp3) is 0.600. The Morgan fingerprint density at radius 2 is 1.00 bits per heavy atom. The van der Waals surface area contributed by atoms with Crippen molar-refractivity contribution in [1.29, 1.82) is 0 Å². The number of hydrogen-bond donors (Lipinski definition) is 1. The Hall–Kier alpha value is -0.820. The van der Waals surface area contributed by atoms with Crippen LogP contribution in [-0.2, 0) is 0 Å². The average Bonchev–Trinajstić information content (AvgIpc) is 2.37. The predicted octanol–water partition coefficient (Wildman–Crippen LogP) is 4.38. The van der Waals surface area contributed by atoms with E-state index in [0.29, 0.717) is 0 Å². The molecule has 1 rings (SSSR count). The van der Waals surface area contributed by atoms with Crippen LogP contribution in [0.3, 0.4) is 0 Å². The molecule has 0 aliphatic heterocycles. The van der Waals surface area contributed by atoms with Crippen LogP contribution in [0, 0.1) is 0 Å². The molecule has 0 spiro atoms. The Labute approximate surface area is 101 Å². The van der Waals surface area contributed by atoms with E-state index in [1.807, 2.05) is 36.4 Å². The Morgan fingerprint density at radius 3 is 1.38 bits per heavy atom. The topological polar surface area (TPSA) is 26.0 Å². The zero-order valence-corrected chi connectivity index (χ0v) is 10.7. The molecule has 0 aliphatic carbocycles. The third kappa shape index (κ3) is 13.2. The molecule has 0 aromatic heterocycles. The average molecular weight is 221 g/mol. The van der Waals surface area contributed by atoms with E-state index in [1.54, 1.807) is 0 Å². The minimum atomic E-state index is 0.869. The van der Waals surface area contributed by atoms with E-state index >= 15 is 0 Å². The number of unbranched alkanes of at least 4 members (excludes halogenated alkanes) is 6. The van der Waals surface area contributed by atoms with Gasteiger partial charge in [-0.25, -0.2) is 0 Å². The summed E-state index contributed by atoms with van der Waals surface area (Å²) in [5.74, 6) is 0.